The molecule has 4 amide bonds. The van der Waals surface area contributed by atoms with Gasteiger partial charge in [0.25, 0.3) is 0 Å². The third kappa shape index (κ3) is 5.61. The van der Waals surface area contributed by atoms with Gasteiger partial charge in [0.15, 0.2) is 0 Å². The van der Waals surface area contributed by atoms with E-state index in [2.05, 4.69) is 10.6 Å². The van der Waals surface area contributed by atoms with E-state index in [4.69, 9.17) is 0 Å². The Bertz CT molecular complexity index is 1030. The third-order valence-corrected chi connectivity index (χ3v) is 8.78. The molecule has 1 aliphatic heterocycles. The predicted octanol–water partition coefficient (Wildman–Crippen LogP) is 0.0906. The Morgan fingerprint density at radius 2 is 1.00 bits per heavy atom. The first-order valence-corrected chi connectivity index (χ1v) is 13.2. The van der Waals surface area contributed by atoms with Crippen LogP contribution >= 0.6 is 0 Å². The first-order chi connectivity index (χ1) is 17.8. The molecular weight excluding hydrogens is 494 g/mol. The van der Waals surface area contributed by atoms with Crippen molar-refractivity contribution in [3.05, 3.63) is 0 Å². The highest BCUT2D eigenvalue weighted by molar-refractivity contribution is 6.06. The Balaban J connectivity index is 1.68. The summed E-state index contributed by atoms with van der Waals surface area (Å²) in [5.74, 6) is -7.96. The quantitative estimate of drug-likeness (QED) is 0.395. The van der Waals surface area contributed by atoms with Gasteiger partial charge < -0.3 is 10.6 Å². The maximum Gasteiger partial charge on any atom is 0.233 e. The maximum absolute atomic E-state index is 13.1. The van der Waals surface area contributed by atoms with E-state index < -0.39 is 71.0 Å². The zero-order valence-electron chi connectivity index (χ0n) is 22.6. The SMILES string of the molecule is CNC(=O)C1CC(C(C)=O)C(C(C)=O)CC1C(=O)NCCN1C(=O)C2CC(C(C)=O)C(C(C)=O)CC2C1=O. The van der Waals surface area contributed by atoms with Crippen LogP contribution in [0.2, 0.25) is 0 Å². The second-order valence-electron chi connectivity index (χ2n) is 11.0. The molecule has 0 radical (unpaired) electrons. The third-order valence-electron chi connectivity index (χ3n) is 8.78. The molecule has 1 heterocycles. The lowest BCUT2D eigenvalue weighted by atomic mass is 9.65. The van der Waals surface area contributed by atoms with Crippen LogP contribution in [0.25, 0.3) is 0 Å². The minimum atomic E-state index is -0.848. The Morgan fingerprint density at radius 3 is 1.37 bits per heavy atom. The monoisotopic (exact) mass is 531 g/mol. The van der Waals surface area contributed by atoms with Gasteiger partial charge in [-0.2, -0.15) is 0 Å². The first kappa shape index (κ1) is 29.3. The van der Waals surface area contributed by atoms with Gasteiger partial charge in [-0.25, -0.2) is 0 Å². The number of nitrogens with one attached hydrogen (secondary N) is 2. The molecule has 11 nitrogen and oxygen atoms in total. The highest BCUT2D eigenvalue weighted by Crippen LogP contribution is 2.44. The maximum atomic E-state index is 13.1. The van der Waals surface area contributed by atoms with E-state index in [1.54, 1.807) is 0 Å². The lowest BCUT2D eigenvalue weighted by Crippen LogP contribution is -2.50. The van der Waals surface area contributed by atoms with Crippen LogP contribution in [0.5, 0.6) is 0 Å². The van der Waals surface area contributed by atoms with Gasteiger partial charge in [-0.15, -0.1) is 0 Å². The summed E-state index contributed by atoms with van der Waals surface area (Å²) in [5.41, 5.74) is 0. The molecule has 8 unspecified atom stereocenters. The largest absolute Gasteiger partial charge is 0.359 e. The molecule has 0 aromatic heterocycles. The Kier molecular flexibility index (Phi) is 8.99. The molecule has 2 aliphatic carbocycles. The van der Waals surface area contributed by atoms with Crippen molar-refractivity contribution in [1.29, 1.82) is 0 Å². The molecule has 0 aromatic rings. The minimum absolute atomic E-state index is 0.0497. The summed E-state index contributed by atoms with van der Waals surface area (Å²) < 4.78 is 0. The van der Waals surface area contributed by atoms with Crippen molar-refractivity contribution in [3.8, 4) is 0 Å². The van der Waals surface area contributed by atoms with Gasteiger partial charge in [-0.05, 0) is 53.4 Å². The van der Waals surface area contributed by atoms with Crippen LogP contribution in [-0.4, -0.2) is 71.8 Å². The molecule has 0 spiro atoms. The molecule has 38 heavy (non-hydrogen) atoms. The molecule has 8 atom stereocenters. The number of carbonyl (C=O) groups excluding carboxylic acids is 8. The molecule has 208 valence electrons. The van der Waals surface area contributed by atoms with Gasteiger partial charge in [-0.1, -0.05) is 0 Å². The number of nitrogens with zero attached hydrogens (tertiary/aromatic N) is 1. The number of carbonyl (C=O) groups is 8. The van der Waals surface area contributed by atoms with Gasteiger partial charge in [0.2, 0.25) is 23.6 Å². The standard InChI is InChI=1S/C27H37N3O8/c1-12(31)16-8-20(24(35)28-5)21(9-17(16)13(2)32)25(36)29-6-7-30-26(37)22-10-18(14(3)33)19(15(4)34)11-23(22)27(30)38/h16-23H,6-11H2,1-5H3,(H,28,35)(H,29,36). The topological polar surface area (TPSA) is 164 Å². The highest BCUT2D eigenvalue weighted by Gasteiger charge is 2.54. The zero-order valence-corrected chi connectivity index (χ0v) is 22.6. The molecule has 3 fully saturated rings. The van der Waals surface area contributed by atoms with Crippen molar-refractivity contribution in [2.24, 2.45) is 47.3 Å². The van der Waals surface area contributed by atoms with Crippen LogP contribution in [-0.2, 0) is 38.4 Å². The van der Waals surface area contributed by atoms with Gasteiger partial charge in [0.1, 0.15) is 23.1 Å². The van der Waals surface area contributed by atoms with Crippen molar-refractivity contribution in [3.63, 3.8) is 0 Å². The molecule has 1 saturated heterocycles. The van der Waals surface area contributed by atoms with Crippen molar-refractivity contribution in [1.82, 2.24) is 15.5 Å². The lowest BCUT2D eigenvalue weighted by Gasteiger charge is -2.38. The molecule has 2 saturated carbocycles. The number of likely N-dealkylation sites (tertiary alicyclic amines) is 1. The summed E-state index contributed by atoms with van der Waals surface area (Å²) in [6, 6.07) is 0. The Hall–Kier alpha value is -3.24. The zero-order chi connectivity index (χ0) is 28.5. The van der Waals surface area contributed by atoms with Crippen molar-refractivity contribution in [2.75, 3.05) is 20.1 Å². The van der Waals surface area contributed by atoms with E-state index in [0.717, 1.165) is 4.90 Å². The number of ketones is 4. The van der Waals surface area contributed by atoms with Crippen LogP contribution in [0.4, 0.5) is 0 Å². The van der Waals surface area contributed by atoms with Crippen LogP contribution in [0.15, 0.2) is 0 Å². The number of amides is 4. The van der Waals surface area contributed by atoms with E-state index in [9.17, 15) is 38.4 Å². The van der Waals surface area contributed by atoms with Gasteiger partial charge in [0.05, 0.1) is 23.7 Å². The predicted molar refractivity (Wildman–Crippen MR) is 133 cm³/mol. The average Bonchev–Trinajstić information content (AvgIpc) is 3.10. The Morgan fingerprint density at radius 1 is 0.632 bits per heavy atom. The Labute approximate surface area is 221 Å². The molecule has 3 aliphatic rings. The van der Waals surface area contributed by atoms with Crippen molar-refractivity contribution >= 4 is 46.8 Å². The summed E-state index contributed by atoms with van der Waals surface area (Å²) in [6.07, 6.45) is 0.432. The number of Topliss-reactive ketones (excluding diaryl/α,β-unsaturated/α-hetero) is 4. The molecule has 0 aromatic carbocycles. The molecule has 0 bridgehead atoms. The summed E-state index contributed by atoms with van der Waals surface area (Å²) in [4.78, 5) is 101. The summed E-state index contributed by atoms with van der Waals surface area (Å²) in [5, 5.41) is 5.22. The van der Waals surface area contributed by atoms with Gasteiger partial charge in [-0.3, -0.25) is 43.3 Å². The number of imide groups is 1. The number of hydrogen-bond donors (Lipinski definition) is 2. The molecular formula is C27H37N3O8. The fraction of sp³-hybridized carbons (Fsp3) is 0.704. The van der Waals surface area contributed by atoms with E-state index in [1.165, 1.54) is 34.7 Å². The van der Waals surface area contributed by atoms with Crippen molar-refractivity contribution < 1.29 is 38.4 Å². The summed E-state index contributed by atoms with van der Waals surface area (Å²) in [6.45, 7) is 5.38. The second kappa shape index (κ2) is 11.7. The van der Waals surface area contributed by atoms with Gasteiger partial charge in [0, 0.05) is 43.8 Å². The number of hydrogen-bond acceptors (Lipinski definition) is 8. The smallest absolute Gasteiger partial charge is 0.233 e. The normalized spacial score (nSPS) is 32.8. The first-order valence-electron chi connectivity index (χ1n) is 13.2. The fourth-order valence-electron chi connectivity index (χ4n) is 6.67. The van der Waals surface area contributed by atoms with E-state index in [-0.39, 0.29) is 61.9 Å². The second-order valence-corrected chi connectivity index (χ2v) is 11.0. The fourth-order valence-corrected chi connectivity index (χ4v) is 6.67. The van der Waals surface area contributed by atoms with Crippen LogP contribution in [0.3, 0.4) is 0 Å². The summed E-state index contributed by atoms with van der Waals surface area (Å²) in [7, 11) is 1.44. The van der Waals surface area contributed by atoms with Gasteiger partial charge >= 0.3 is 0 Å². The molecule has 2 N–H and O–H groups in total. The van der Waals surface area contributed by atoms with Crippen LogP contribution in [0.1, 0.15) is 53.4 Å². The average molecular weight is 532 g/mol. The molecule has 3 rings (SSSR count). The molecule has 11 heteroatoms. The van der Waals surface area contributed by atoms with E-state index in [0.29, 0.717) is 0 Å². The van der Waals surface area contributed by atoms with Crippen LogP contribution < -0.4 is 10.6 Å². The minimum Gasteiger partial charge on any atom is -0.359 e. The lowest BCUT2D eigenvalue weighted by molar-refractivity contribution is -0.144. The van der Waals surface area contributed by atoms with E-state index in [1.807, 2.05) is 0 Å². The van der Waals surface area contributed by atoms with Crippen molar-refractivity contribution in [2.45, 2.75) is 53.4 Å². The van der Waals surface area contributed by atoms with E-state index >= 15 is 0 Å². The number of fused-ring (bicyclic) bond motifs is 1. The highest BCUT2D eigenvalue weighted by atomic mass is 16.2. The number of rotatable bonds is 9. The van der Waals surface area contributed by atoms with Crippen LogP contribution in [0, 0.1) is 47.3 Å². The summed E-state index contributed by atoms with van der Waals surface area (Å²) >= 11 is 0.